The molecule has 0 aromatic carbocycles. The van der Waals surface area contributed by atoms with E-state index in [-0.39, 0.29) is 23.6 Å². The molecule has 0 radical (unpaired) electrons. The zero-order chi connectivity index (χ0) is 13.7. The average Bonchev–Trinajstić information content (AvgIpc) is 2.34. The van der Waals surface area contributed by atoms with E-state index in [2.05, 4.69) is 15.0 Å². The summed E-state index contributed by atoms with van der Waals surface area (Å²) in [5, 5.41) is 22.6. The molecule has 0 bridgehead atoms. The first-order valence-electron chi connectivity index (χ1n) is 5.10. The van der Waals surface area contributed by atoms with Gasteiger partial charge in [-0.25, -0.2) is 9.78 Å². The molecule has 98 valence electrons. The van der Waals surface area contributed by atoms with Gasteiger partial charge in [0.05, 0.1) is 23.7 Å². The number of methoxy groups -OCH3 is 1. The Hall–Kier alpha value is -2.22. The van der Waals surface area contributed by atoms with Gasteiger partial charge in [0.2, 0.25) is 5.82 Å². The second kappa shape index (κ2) is 5.92. The van der Waals surface area contributed by atoms with Crippen molar-refractivity contribution < 1.29 is 19.6 Å². The maximum absolute atomic E-state index is 11.2. The standard InChI is InChI=1S/C10H13N3O5/c1-6(14)4-11-9-8(13(16)17)3-7(5-12-9)10(15)18-2/h3,5-6,14H,4H2,1-2H3,(H,11,12). The molecule has 1 aromatic rings. The fraction of sp³-hybridized carbons (Fsp3) is 0.400. The second-order valence-electron chi connectivity index (χ2n) is 3.57. The van der Waals surface area contributed by atoms with Gasteiger partial charge in [0, 0.05) is 18.8 Å². The van der Waals surface area contributed by atoms with Crippen LogP contribution in [-0.4, -0.2) is 40.7 Å². The molecule has 0 amide bonds. The van der Waals surface area contributed by atoms with E-state index >= 15 is 0 Å². The monoisotopic (exact) mass is 255 g/mol. The molecule has 0 aliphatic carbocycles. The van der Waals surface area contributed by atoms with Crippen LogP contribution in [0.25, 0.3) is 0 Å². The molecule has 0 aliphatic heterocycles. The van der Waals surface area contributed by atoms with Crippen LogP contribution in [0.2, 0.25) is 0 Å². The summed E-state index contributed by atoms with van der Waals surface area (Å²) in [7, 11) is 1.17. The van der Waals surface area contributed by atoms with Crippen LogP contribution in [0.5, 0.6) is 0 Å². The van der Waals surface area contributed by atoms with Crippen LogP contribution in [0.1, 0.15) is 17.3 Å². The van der Waals surface area contributed by atoms with E-state index < -0.39 is 17.0 Å². The highest BCUT2D eigenvalue weighted by Gasteiger charge is 2.19. The Morgan fingerprint density at radius 3 is 2.89 bits per heavy atom. The van der Waals surface area contributed by atoms with Crippen molar-refractivity contribution >= 4 is 17.5 Å². The molecular formula is C10H13N3O5. The highest BCUT2D eigenvalue weighted by molar-refractivity contribution is 5.90. The number of aromatic nitrogens is 1. The maximum Gasteiger partial charge on any atom is 0.339 e. The van der Waals surface area contributed by atoms with Crippen molar-refractivity contribution in [2.24, 2.45) is 0 Å². The number of aliphatic hydroxyl groups is 1. The van der Waals surface area contributed by atoms with E-state index in [1.807, 2.05) is 0 Å². The number of aliphatic hydroxyl groups excluding tert-OH is 1. The minimum atomic E-state index is -0.701. The minimum absolute atomic E-state index is 0.00597. The number of rotatable bonds is 5. The van der Waals surface area contributed by atoms with E-state index in [4.69, 9.17) is 5.11 Å². The smallest absolute Gasteiger partial charge is 0.339 e. The molecule has 0 spiro atoms. The van der Waals surface area contributed by atoms with Crippen molar-refractivity contribution in [3.05, 3.63) is 27.9 Å². The van der Waals surface area contributed by atoms with Gasteiger partial charge in [-0.1, -0.05) is 0 Å². The Morgan fingerprint density at radius 1 is 1.72 bits per heavy atom. The number of nitrogens with zero attached hydrogens (tertiary/aromatic N) is 2. The number of nitro groups is 1. The zero-order valence-corrected chi connectivity index (χ0v) is 9.91. The molecule has 1 aromatic heterocycles. The summed E-state index contributed by atoms with van der Waals surface area (Å²) in [5.74, 6) is -0.707. The quantitative estimate of drug-likeness (QED) is 0.449. The van der Waals surface area contributed by atoms with Gasteiger partial charge in [-0.2, -0.15) is 0 Å². The summed E-state index contributed by atoms with van der Waals surface area (Å²) in [6, 6.07) is 1.07. The first-order chi connectivity index (χ1) is 8.45. The third kappa shape index (κ3) is 3.39. The lowest BCUT2D eigenvalue weighted by Gasteiger charge is -2.08. The molecule has 1 atom stereocenters. The number of anilines is 1. The summed E-state index contributed by atoms with van der Waals surface area (Å²) >= 11 is 0. The van der Waals surface area contributed by atoms with E-state index in [9.17, 15) is 14.9 Å². The van der Waals surface area contributed by atoms with Gasteiger partial charge >= 0.3 is 11.7 Å². The van der Waals surface area contributed by atoms with E-state index in [1.54, 1.807) is 0 Å². The van der Waals surface area contributed by atoms with Crippen LogP contribution in [0.4, 0.5) is 11.5 Å². The number of nitrogens with one attached hydrogen (secondary N) is 1. The molecule has 0 saturated carbocycles. The lowest BCUT2D eigenvalue weighted by Crippen LogP contribution is -2.17. The summed E-state index contributed by atoms with van der Waals surface area (Å²) in [5.41, 5.74) is -0.356. The van der Waals surface area contributed by atoms with Crippen LogP contribution in [0, 0.1) is 10.1 Å². The van der Waals surface area contributed by atoms with Crippen molar-refractivity contribution in [2.75, 3.05) is 19.0 Å². The molecule has 0 aliphatic rings. The first kappa shape index (κ1) is 13.8. The Morgan fingerprint density at radius 2 is 2.39 bits per heavy atom. The van der Waals surface area contributed by atoms with E-state index in [0.717, 1.165) is 6.07 Å². The van der Waals surface area contributed by atoms with Gasteiger partial charge in [0.15, 0.2) is 0 Å². The molecule has 1 heterocycles. The van der Waals surface area contributed by atoms with E-state index in [1.165, 1.54) is 20.2 Å². The Labute approximate surface area is 103 Å². The Kier molecular flexibility index (Phi) is 4.55. The third-order valence-corrected chi connectivity index (χ3v) is 2.05. The SMILES string of the molecule is COC(=O)c1cnc(NCC(C)O)c([N+](=O)[O-])c1. The number of ether oxygens (including phenoxy) is 1. The highest BCUT2D eigenvalue weighted by atomic mass is 16.6. The topological polar surface area (TPSA) is 115 Å². The predicted molar refractivity (Wildman–Crippen MR) is 62.4 cm³/mol. The Bertz CT molecular complexity index is 461. The Balaban J connectivity index is 3.04. The van der Waals surface area contributed by atoms with Crippen molar-refractivity contribution in [3.8, 4) is 0 Å². The molecule has 1 rings (SSSR count). The van der Waals surface area contributed by atoms with Crippen molar-refractivity contribution in [1.82, 2.24) is 4.98 Å². The summed E-state index contributed by atoms with van der Waals surface area (Å²) in [6.07, 6.45) is 0.495. The van der Waals surface area contributed by atoms with Crippen LogP contribution in [0.15, 0.2) is 12.3 Å². The molecule has 2 N–H and O–H groups in total. The van der Waals surface area contributed by atoms with Crippen LogP contribution in [0.3, 0.4) is 0 Å². The molecule has 1 unspecified atom stereocenters. The number of carbonyl (C=O) groups excluding carboxylic acids is 1. The summed E-state index contributed by atoms with van der Waals surface area (Å²) < 4.78 is 4.45. The molecule has 0 saturated heterocycles. The fourth-order valence-corrected chi connectivity index (χ4v) is 1.20. The zero-order valence-electron chi connectivity index (χ0n) is 9.91. The highest BCUT2D eigenvalue weighted by Crippen LogP contribution is 2.22. The summed E-state index contributed by atoms with van der Waals surface area (Å²) in [4.78, 5) is 25.2. The van der Waals surface area contributed by atoms with Crippen LogP contribution >= 0.6 is 0 Å². The van der Waals surface area contributed by atoms with Crippen molar-refractivity contribution in [2.45, 2.75) is 13.0 Å². The molecule has 18 heavy (non-hydrogen) atoms. The van der Waals surface area contributed by atoms with Crippen LogP contribution < -0.4 is 5.32 Å². The largest absolute Gasteiger partial charge is 0.465 e. The van der Waals surface area contributed by atoms with Crippen molar-refractivity contribution in [1.29, 1.82) is 0 Å². The average molecular weight is 255 g/mol. The van der Waals surface area contributed by atoms with E-state index in [0.29, 0.717) is 0 Å². The maximum atomic E-state index is 11.2. The first-order valence-corrected chi connectivity index (χ1v) is 5.10. The predicted octanol–water partition coefficient (Wildman–Crippen LogP) is 0.569. The number of pyridine rings is 1. The van der Waals surface area contributed by atoms with Gasteiger partial charge < -0.3 is 15.2 Å². The summed E-state index contributed by atoms with van der Waals surface area (Å²) in [6.45, 7) is 1.65. The molecular weight excluding hydrogens is 242 g/mol. The van der Waals surface area contributed by atoms with Gasteiger partial charge in [0.25, 0.3) is 0 Å². The third-order valence-electron chi connectivity index (χ3n) is 2.05. The number of esters is 1. The normalized spacial score (nSPS) is 11.7. The van der Waals surface area contributed by atoms with Gasteiger partial charge in [-0.3, -0.25) is 10.1 Å². The number of hydrogen-bond donors (Lipinski definition) is 2. The number of carbonyl (C=O) groups is 1. The second-order valence-corrected chi connectivity index (χ2v) is 3.57. The minimum Gasteiger partial charge on any atom is -0.465 e. The van der Waals surface area contributed by atoms with Gasteiger partial charge in [-0.05, 0) is 6.92 Å². The lowest BCUT2D eigenvalue weighted by molar-refractivity contribution is -0.384. The lowest BCUT2D eigenvalue weighted by atomic mass is 10.2. The van der Waals surface area contributed by atoms with Gasteiger partial charge in [0.1, 0.15) is 0 Å². The van der Waals surface area contributed by atoms with Gasteiger partial charge in [-0.15, -0.1) is 0 Å². The van der Waals surface area contributed by atoms with Crippen LogP contribution in [-0.2, 0) is 4.74 Å². The van der Waals surface area contributed by atoms with Crippen molar-refractivity contribution in [3.63, 3.8) is 0 Å². The molecule has 0 fully saturated rings. The number of hydrogen-bond acceptors (Lipinski definition) is 7. The molecule has 8 nitrogen and oxygen atoms in total. The molecule has 8 heteroatoms. The fourth-order valence-electron chi connectivity index (χ4n) is 1.20.